The lowest BCUT2D eigenvalue weighted by atomic mass is 10.1. The SMILES string of the molecule is CCOC(=O)C(=O)c1cc(Cl)cc(SC)c1. The second kappa shape index (κ2) is 5.92. The Bertz CT molecular complexity index is 418. The van der Waals surface area contributed by atoms with Gasteiger partial charge in [-0.2, -0.15) is 0 Å². The van der Waals surface area contributed by atoms with Crippen LogP contribution in [-0.2, 0) is 9.53 Å². The molecule has 0 saturated carbocycles. The number of hydrogen-bond acceptors (Lipinski definition) is 4. The molecule has 3 nitrogen and oxygen atoms in total. The van der Waals surface area contributed by atoms with E-state index in [1.54, 1.807) is 19.1 Å². The number of hydrogen-bond donors (Lipinski definition) is 0. The van der Waals surface area contributed by atoms with Crippen molar-refractivity contribution in [3.05, 3.63) is 28.8 Å². The standard InChI is InChI=1S/C11H11ClO3S/c1-3-15-11(14)10(13)7-4-8(12)6-9(5-7)16-2/h4-6H,3H2,1-2H3. The second-order valence-electron chi connectivity index (χ2n) is 2.93. The minimum atomic E-state index is -0.850. The average Bonchev–Trinajstić information content (AvgIpc) is 2.27. The maximum Gasteiger partial charge on any atom is 0.379 e. The van der Waals surface area contributed by atoms with Gasteiger partial charge in [0.15, 0.2) is 0 Å². The smallest absolute Gasteiger partial charge is 0.379 e. The van der Waals surface area contributed by atoms with Gasteiger partial charge in [0.1, 0.15) is 0 Å². The predicted octanol–water partition coefficient (Wildman–Crippen LogP) is 2.81. The number of halogens is 1. The third kappa shape index (κ3) is 3.25. The number of rotatable bonds is 4. The molecule has 0 amide bonds. The molecule has 0 aromatic heterocycles. The van der Waals surface area contributed by atoms with E-state index in [-0.39, 0.29) is 12.2 Å². The Hall–Kier alpha value is -1.000. The van der Waals surface area contributed by atoms with Crippen LogP contribution < -0.4 is 0 Å². The van der Waals surface area contributed by atoms with Crippen LogP contribution in [0.25, 0.3) is 0 Å². The molecule has 16 heavy (non-hydrogen) atoms. The fourth-order valence-corrected chi connectivity index (χ4v) is 1.92. The molecule has 0 bridgehead atoms. The van der Waals surface area contributed by atoms with E-state index in [1.165, 1.54) is 17.8 Å². The minimum absolute atomic E-state index is 0.181. The Labute approximate surface area is 103 Å². The maximum atomic E-state index is 11.6. The Balaban J connectivity index is 2.99. The third-order valence-corrected chi connectivity index (χ3v) is 2.76. The summed E-state index contributed by atoms with van der Waals surface area (Å²) in [6, 6.07) is 4.81. The number of carbonyl (C=O) groups excluding carboxylic acids is 2. The van der Waals surface area contributed by atoms with Crippen LogP contribution >= 0.6 is 23.4 Å². The van der Waals surface area contributed by atoms with Crippen molar-refractivity contribution in [2.45, 2.75) is 11.8 Å². The van der Waals surface area contributed by atoms with Gasteiger partial charge in [-0.05, 0) is 31.4 Å². The lowest BCUT2D eigenvalue weighted by molar-refractivity contribution is -0.137. The van der Waals surface area contributed by atoms with E-state index in [4.69, 9.17) is 11.6 Å². The van der Waals surface area contributed by atoms with E-state index in [0.717, 1.165) is 4.90 Å². The van der Waals surface area contributed by atoms with Crippen molar-refractivity contribution in [1.82, 2.24) is 0 Å². The van der Waals surface area contributed by atoms with Crippen molar-refractivity contribution < 1.29 is 14.3 Å². The van der Waals surface area contributed by atoms with Crippen LogP contribution in [0.2, 0.25) is 5.02 Å². The van der Waals surface area contributed by atoms with Gasteiger partial charge >= 0.3 is 5.97 Å². The summed E-state index contributed by atoms with van der Waals surface area (Å²) in [5.74, 6) is -1.52. The molecule has 0 aliphatic heterocycles. The molecule has 0 unspecified atom stereocenters. The van der Waals surface area contributed by atoms with Crippen molar-refractivity contribution in [3.8, 4) is 0 Å². The first-order valence-electron chi connectivity index (χ1n) is 4.64. The summed E-state index contributed by atoms with van der Waals surface area (Å²) in [6.45, 7) is 1.83. The van der Waals surface area contributed by atoms with Crippen LogP contribution in [0.5, 0.6) is 0 Å². The van der Waals surface area contributed by atoms with Gasteiger partial charge in [-0.3, -0.25) is 4.79 Å². The maximum absolute atomic E-state index is 11.6. The topological polar surface area (TPSA) is 43.4 Å². The zero-order valence-electron chi connectivity index (χ0n) is 8.95. The largest absolute Gasteiger partial charge is 0.460 e. The highest BCUT2D eigenvalue weighted by molar-refractivity contribution is 7.98. The monoisotopic (exact) mass is 258 g/mol. The molecule has 0 fully saturated rings. The van der Waals surface area contributed by atoms with Crippen LogP contribution in [0, 0.1) is 0 Å². The molecule has 86 valence electrons. The van der Waals surface area contributed by atoms with Crippen LogP contribution in [0.3, 0.4) is 0 Å². The molecule has 5 heteroatoms. The van der Waals surface area contributed by atoms with Crippen LogP contribution in [0.4, 0.5) is 0 Å². The molecule has 1 rings (SSSR count). The highest BCUT2D eigenvalue weighted by Crippen LogP contribution is 2.22. The highest BCUT2D eigenvalue weighted by Gasteiger charge is 2.18. The second-order valence-corrected chi connectivity index (χ2v) is 4.25. The molecular formula is C11H11ClO3S. The first-order valence-corrected chi connectivity index (χ1v) is 6.24. The number of benzene rings is 1. The predicted molar refractivity (Wildman–Crippen MR) is 64.2 cm³/mol. The average molecular weight is 259 g/mol. The third-order valence-electron chi connectivity index (χ3n) is 1.83. The molecule has 0 heterocycles. The fourth-order valence-electron chi connectivity index (χ4n) is 1.13. The Morgan fingerprint density at radius 2 is 2.06 bits per heavy atom. The summed E-state index contributed by atoms with van der Waals surface area (Å²) in [5.41, 5.74) is 0.260. The lowest BCUT2D eigenvalue weighted by Crippen LogP contribution is -2.17. The van der Waals surface area contributed by atoms with Gasteiger partial charge in [0.25, 0.3) is 5.78 Å². The highest BCUT2D eigenvalue weighted by atomic mass is 35.5. The molecule has 0 spiro atoms. The van der Waals surface area contributed by atoms with E-state index >= 15 is 0 Å². The van der Waals surface area contributed by atoms with E-state index < -0.39 is 11.8 Å². The molecule has 0 aliphatic carbocycles. The van der Waals surface area contributed by atoms with Gasteiger partial charge < -0.3 is 4.74 Å². The van der Waals surface area contributed by atoms with Crippen molar-refractivity contribution in [1.29, 1.82) is 0 Å². The summed E-state index contributed by atoms with van der Waals surface area (Å²) >= 11 is 7.29. The quantitative estimate of drug-likeness (QED) is 0.361. The number of ketones is 1. The van der Waals surface area contributed by atoms with Gasteiger partial charge in [0.05, 0.1) is 6.61 Å². The Morgan fingerprint density at radius 3 is 2.62 bits per heavy atom. The molecule has 0 radical (unpaired) electrons. The van der Waals surface area contributed by atoms with E-state index in [2.05, 4.69) is 4.74 Å². The van der Waals surface area contributed by atoms with Crippen LogP contribution in [-0.4, -0.2) is 24.6 Å². The van der Waals surface area contributed by atoms with Crippen molar-refractivity contribution >= 4 is 35.1 Å². The van der Waals surface area contributed by atoms with Gasteiger partial charge in [0.2, 0.25) is 0 Å². The van der Waals surface area contributed by atoms with E-state index in [0.29, 0.717) is 5.02 Å². The van der Waals surface area contributed by atoms with Gasteiger partial charge in [-0.25, -0.2) is 4.79 Å². The molecule has 0 atom stereocenters. The normalized spacial score (nSPS) is 9.94. The molecule has 0 N–H and O–H groups in total. The molecule has 1 aromatic rings. The van der Waals surface area contributed by atoms with Crippen molar-refractivity contribution in [3.63, 3.8) is 0 Å². The van der Waals surface area contributed by atoms with E-state index in [1.807, 2.05) is 6.26 Å². The van der Waals surface area contributed by atoms with Gasteiger partial charge in [-0.15, -0.1) is 11.8 Å². The lowest BCUT2D eigenvalue weighted by Gasteiger charge is -2.03. The van der Waals surface area contributed by atoms with Gasteiger partial charge in [-0.1, -0.05) is 11.6 Å². The summed E-state index contributed by atoms with van der Waals surface area (Å²) in [7, 11) is 0. The Kier molecular flexibility index (Phi) is 4.83. The molecule has 0 saturated heterocycles. The number of carbonyl (C=O) groups is 2. The number of ether oxygens (including phenoxy) is 1. The molecule has 1 aromatic carbocycles. The summed E-state index contributed by atoms with van der Waals surface area (Å²) in [4.78, 5) is 23.7. The number of thioether (sulfide) groups is 1. The first kappa shape index (κ1) is 13.1. The minimum Gasteiger partial charge on any atom is -0.460 e. The van der Waals surface area contributed by atoms with Crippen LogP contribution in [0.15, 0.2) is 23.1 Å². The van der Waals surface area contributed by atoms with Crippen LogP contribution in [0.1, 0.15) is 17.3 Å². The summed E-state index contributed by atoms with van der Waals surface area (Å²) < 4.78 is 4.63. The number of esters is 1. The molecule has 0 aliphatic rings. The van der Waals surface area contributed by atoms with Crippen molar-refractivity contribution in [2.24, 2.45) is 0 Å². The zero-order chi connectivity index (χ0) is 12.1. The fraction of sp³-hybridized carbons (Fsp3) is 0.273. The molecular weight excluding hydrogens is 248 g/mol. The Morgan fingerprint density at radius 1 is 1.38 bits per heavy atom. The summed E-state index contributed by atoms with van der Waals surface area (Å²) in [6.07, 6.45) is 1.87. The van der Waals surface area contributed by atoms with Gasteiger partial charge in [0, 0.05) is 15.5 Å². The first-order chi connectivity index (χ1) is 7.58. The van der Waals surface area contributed by atoms with Crippen molar-refractivity contribution in [2.75, 3.05) is 12.9 Å². The van der Waals surface area contributed by atoms with E-state index in [9.17, 15) is 9.59 Å². The summed E-state index contributed by atoms with van der Waals surface area (Å²) in [5, 5.41) is 0.430. The number of Topliss-reactive ketones (excluding diaryl/α,β-unsaturated/α-hetero) is 1. The zero-order valence-corrected chi connectivity index (χ0v) is 10.5.